The van der Waals surface area contributed by atoms with Gasteiger partial charge in [0, 0.05) is 13.2 Å². The first-order valence-electron chi connectivity index (χ1n) is 6.33. The Morgan fingerprint density at radius 3 is 2.60 bits per heavy atom. The van der Waals surface area contributed by atoms with Crippen LogP contribution in [0.1, 0.15) is 19.3 Å². The van der Waals surface area contributed by atoms with Crippen molar-refractivity contribution < 1.29 is 4.74 Å². The average molecular weight is 212 g/mol. The van der Waals surface area contributed by atoms with Crippen LogP contribution in [0.25, 0.3) is 0 Å². The second-order valence-corrected chi connectivity index (χ2v) is 5.03. The SMILES string of the molecule is CNCC1CCN(CC2CCOC2)CC1. The van der Waals surface area contributed by atoms with Crippen molar-refractivity contribution in [2.45, 2.75) is 19.3 Å². The van der Waals surface area contributed by atoms with Gasteiger partial charge in [0.2, 0.25) is 0 Å². The number of piperidine rings is 1. The Balaban J connectivity index is 1.64. The van der Waals surface area contributed by atoms with Crippen LogP contribution in [0, 0.1) is 11.8 Å². The summed E-state index contributed by atoms with van der Waals surface area (Å²) in [6.07, 6.45) is 4.01. The molecule has 2 rings (SSSR count). The maximum atomic E-state index is 5.42. The van der Waals surface area contributed by atoms with Crippen molar-refractivity contribution in [2.24, 2.45) is 11.8 Å². The second-order valence-electron chi connectivity index (χ2n) is 5.03. The van der Waals surface area contributed by atoms with Gasteiger partial charge in [0.25, 0.3) is 0 Å². The molecular formula is C12H24N2O. The van der Waals surface area contributed by atoms with Gasteiger partial charge >= 0.3 is 0 Å². The molecule has 0 amide bonds. The Morgan fingerprint density at radius 1 is 1.20 bits per heavy atom. The highest BCUT2D eigenvalue weighted by Crippen LogP contribution is 2.20. The molecule has 1 N–H and O–H groups in total. The molecule has 0 radical (unpaired) electrons. The zero-order valence-corrected chi connectivity index (χ0v) is 9.87. The van der Waals surface area contributed by atoms with E-state index < -0.39 is 0 Å². The third-order valence-electron chi connectivity index (χ3n) is 3.74. The minimum Gasteiger partial charge on any atom is -0.381 e. The molecule has 1 atom stereocenters. The molecule has 0 spiro atoms. The Labute approximate surface area is 93.2 Å². The first-order valence-corrected chi connectivity index (χ1v) is 6.33. The number of nitrogens with one attached hydrogen (secondary N) is 1. The van der Waals surface area contributed by atoms with Crippen LogP contribution >= 0.6 is 0 Å². The summed E-state index contributed by atoms with van der Waals surface area (Å²) in [6, 6.07) is 0. The smallest absolute Gasteiger partial charge is 0.0507 e. The highest BCUT2D eigenvalue weighted by atomic mass is 16.5. The lowest BCUT2D eigenvalue weighted by Crippen LogP contribution is -2.39. The quantitative estimate of drug-likeness (QED) is 0.751. The fourth-order valence-electron chi connectivity index (χ4n) is 2.75. The Bertz CT molecular complexity index is 172. The fourth-order valence-corrected chi connectivity index (χ4v) is 2.75. The van der Waals surface area contributed by atoms with E-state index in [9.17, 15) is 0 Å². The predicted octanol–water partition coefficient (Wildman–Crippen LogP) is 0.954. The van der Waals surface area contributed by atoms with Crippen LogP contribution in [0.5, 0.6) is 0 Å². The molecule has 0 saturated carbocycles. The van der Waals surface area contributed by atoms with Gasteiger partial charge in [0.1, 0.15) is 0 Å². The molecule has 0 aromatic heterocycles. The van der Waals surface area contributed by atoms with Gasteiger partial charge in [-0.2, -0.15) is 0 Å². The first-order chi connectivity index (χ1) is 7.38. The van der Waals surface area contributed by atoms with E-state index in [1.807, 2.05) is 0 Å². The number of hydrogen-bond acceptors (Lipinski definition) is 3. The predicted molar refractivity (Wildman–Crippen MR) is 62.0 cm³/mol. The van der Waals surface area contributed by atoms with Crippen molar-refractivity contribution in [2.75, 3.05) is 46.4 Å². The molecule has 0 aromatic rings. The van der Waals surface area contributed by atoms with Gasteiger partial charge in [-0.3, -0.25) is 0 Å². The molecular weight excluding hydrogens is 188 g/mol. The van der Waals surface area contributed by atoms with Crippen LogP contribution in [-0.2, 0) is 4.74 Å². The highest BCUT2D eigenvalue weighted by Gasteiger charge is 2.23. The molecule has 1 unspecified atom stereocenters. The number of rotatable bonds is 4. The number of hydrogen-bond donors (Lipinski definition) is 1. The van der Waals surface area contributed by atoms with Crippen molar-refractivity contribution >= 4 is 0 Å². The normalized spacial score (nSPS) is 29.8. The number of nitrogens with zero attached hydrogens (tertiary/aromatic N) is 1. The molecule has 2 heterocycles. The summed E-state index contributed by atoms with van der Waals surface area (Å²) in [6.45, 7) is 7.04. The Hall–Kier alpha value is -0.120. The third-order valence-corrected chi connectivity index (χ3v) is 3.74. The molecule has 2 aliphatic rings. The van der Waals surface area contributed by atoms with Gasteiger partial charge in [-0.1, -0.05) is 0 Å². The summed E-state index contributed by atoms with van der Waals surface area (Å²) in [7, 11) is 2.06. The summed E-state index contributed by atoms with van der Waals surface area (Å²) in [5.41, 5.74) is 0. The van der Waals surface area contributed by atoms with E-state index in [0.717, 1.165) is 25.0 Å². The first kappa shape index (κ1) is 11.4. The lowest BCUT2D eigenvalue weighted by atomic mass is 9.96. The maximum Gasteiger partial charge on any atom is 0.0507 e. The van der Waals surface area contributed by atoms with Crippen LogP contribution in [0.4, 0.5) is 0 Å². The van der Waals surface area contributed by atoms with Gasteiger partial charge in [-0.05, 0) is 57.8 Å². The molecule has 0 aliphatic carbocycles. The topological polar surface area (TPSA) is 24.5 Å². The standard InChI is InChI=1S/C12H24N2O/c1-13-8-11-2-5-14(6-3-11)9-12-4-7-15-10-12/h11-13H,2-10H2,1H3. The van der Waals surface area contributed by atoms with Gasteiger partial charge in [-0.25, -0.2) is 0 Å². The molecule has 2 saturated heterocycles. The van der Waals surface area contributed by atoms with E-state index in [1.54, 1.807) is 0 Å². The minimum absolute atomic E-state index is 0.811. The van der Waals surface area contributed by atoms with Gasteiger partial charge in [-0.15, -0.1) is 0 Å². The van der Waals surface area contributed by atoms with Crippen LogP contribution < -0.4 is 5.32 Å². The summed E-state index contributed by atoms with van der Waals surface area (Å²) in [5, 5.41) is 3.29. The highest BCUT2D eigenvalue weighted by molar-refractivity contribution is 4.76. The summed E-state index contributed by atoms with van der Waals surface area (Å²) >= 11 is 0. The van der Waals surface area contributed by atoms with Gasteiger partial charge in [0.05, 0.1) is 6.61 Å². The van der Waals surface area contributed by atoms with Crippen molar-refractivity contribution in [3.63, 3.8) is 0 Å². The molecule has 0 aromatic carbocycles. The molecule has 0 bridgehead atoms. The molecule has 3 heteroatoms. The van der Waals surface area contributed by atoms with Gasteiger partial charge < -0.3 is 15.0 Å². The van der Waals surface area contributed by atoms with E-state index in [0.29, 0.717) is 0 Å². The fraction of sp³-hybridized carbons (Fsp3) is 1.00. The van der Waals surface area contributed by atoms with Gasteiger partial charge in [0.15, 0.2) is 0 Å². The lowest BCUT2D eigenvalue weighted by Gasteiger charge is -2.33. The largest absolute Gasteiger partial charge is 0.381 e. The lowest BCUT2D eigenvalue weighted by molar-refractivity contribution is 0.141. The van der Waals surface area contributed by atoms with Crippen LogP contribution in [0.15, 0.2) is 0 Å². The zero-order chi connectivity index (χ0) is 10.5. The molecule has 15 heavy (non-hydrogen) atoms. The van der Waals surface area contributed by atoms with E-state index >= 15 is 0 Å². The summed E-state index contributed by atoms with van der Waals surface area (Å²) in [4.78, 5) is 2.63. The van der Waals surface area contributed by atoms with E-state index in [1.165, 1.54) is 45.4 Å². The van der Waals surface area contributed by atoms with Crippen LogP contribution in [0.2, 0.25) is 0 Å². The second kappa shape index (κ2) is 5.83. The number of likely N-dealkylation sites (tertiary alicyclic amines) is 1. The minimum atomic E-state index is 0.811. The maximum absolute atomic E-state index is 5.42. The molecule has 3 nitrogen and oxygen atoms in total. The van der Waals surface area contributed by atoms with Crippen LogP contribution in [-0.4, -0.2) is 51.3 Å². The Kier molecular flexibility index (Phi) is 4.42. The van der Waals surface area contributed by atoms with E-state index in [-0.39, 0.29) is 0 Å². The average Bonchev–Trinajstić information content (AvgIpc) is 2.74. The molecule has 2 fully saturated rings. The summed E-state index contributed by atoms with van der Waals surface area (Å²) in [5.74, 6) is 1.72. The van der Waals surface area contributed by atoms with Crippen molar-refractivity contribution in [1.29, 1.82) is 0 Å². The monoisotopic (exact) mass is 212 g/mol. The van der Waals surface area contributed by atoms with E-state index in [2.05, 4.69) is 17.3 Å². The summed E-state index contributed by atoms with van der Waals surface area (Å²) < 4.78 is 5.42. The Morgan fingerprint density at radius 2 is 2.00 bits per heavy atom. The van der Waals surface area contributed by atoms with Crippen molar-refractivity contribution in [3.8, 4) is 0 Å². The molecule has 2 aliphatic heterocycles. The third kappa shape index (κ3) is 3.44. The number of ether oxygens (including phenoxy) is 1. The molecule has 88 valence electrons. The van der Waals surface area contributed by atoms with Crippen molar-refractivity contribution in [1.82, 2.24) is 10.2 Å². The van der Waals surface area contributed by atoms with E-state index in [4.69, 9.17) is 4.74 Å². The van der Waals surface area contributed by atoms with Crippen molar-refractivity contribution in [3.05, 3.63) is 0 Å². The van der Waals surface area contributed by atoms with Crippen LogP contribution in [0.3, 0.4) is 0 Å². The zero-order valence-electron chi connectivity index (χ0n) is 9.87.